The Bertz CT molecular complexity index is 569. The van der Waals surface area contributed by atoms with Gasteiger partial charge in [-0.3, -0.25) is 9.59 Å². The van der Waals surface area contributed by atoms with Crippen molar-refractivity contribution in [2.75, 3.05) is 13.1 Å². The highest BCUT2D eigenvalue weighted by atomic mass is 16.4. The van der Waals surface area contributed by atoms with E-state index in [9.17, 15) is 14.7 Å². The van der Waals surface area contributed by atoms with Crippen LogP contribution >= 0.6 is 0 Å². The molecule has 0 radical (unpaired) electrons. The molecule has 0 bridgehead atoms. The van der Waals surface area contributed by atoms with Gasteiger partial charge in [-0.2, -0.15) is 0 Å². The third-order valence-electron chi connectivity index (χ3n) is 4.91. The summed E-state index contributed by atoms with van der Waals surface area (Å²) in [6, 6.07) is 8.15. The lowest BCUT2D eigenvalue weighted by Gasteiger charge is -2.28. The minimum Gasteiger partial charge on any atom is -0.481 e. The summed E-state index contributed by atoms with van der Waals surface area (Å²) < 4.78 is 0. The van der Waals surface area contributed by atoms with Gasteiger partial charge in [0.25, 0.3) is 0 Å². The van der Waals surface area contributed by atoms with E-state index < -0.39 is 11.9 Å². The Morgan fingerprint density at radius 3 is 2.71 bits per heavy atom. The molecule has 1 heterocycles. The zero-order valence-corrected chi connectivity index (χ0v) is 12.3. The van der Waals surface area contributed by atoms with E-state index in [2.05, 4.69) is 6.07 Å². The molecular weight excluding hydrogens is 266 g/mol. The summed E-state index contributed by atoms with van der Waals surface area (Å²) in [7, 11) is 0. The summed E-state index contributed by atoms with van der Waals surface area (Å²) in [5.41, 5.74) is 2.41. The van der Waals surface area contributed by atoms with Crippen LogP contribution in [0.3, 0.4) is 0 Å². The Balaban J connectivity index is 1.80. The fraction of sp³-hybridized carbons (Fsp3) is 0.529. The average molecular weight is 287 g/mol. The van der Waals surface area contributed by atoms with Crippen LogP contribution in [0.5, 0.6) is 0 Å². The number of rotatable bonds is 2. The largest absolute Gasteiger partial charge is 0.481 e. The zero-order valence-electron chi connectivity index (χ0n) is 12.3. The Morgan fingerprint density at radius 1 is 1.24 bits per heavy atom. The van der Waals surface area contributed by atoms with Crippen LogP contribution in [0.1, 0.15) is 36.8 Å². The number of carbonyl (C=O) groups excluding carboxylic acids is 1. The molecule has 4 nitrogen and oxygen atoms in total. The monoisotopic (exact) mass is 287 g/mol. The molecular formula is C17H21NO3. The zero-order chi connectivity index (χ0) is 15.0. The van der Waals surface area contributed by atoms with Crippen molar-refractivity contribution in [1.29, 1.82) is 0 Å². The Morgan fingerprint density at radius 2 is 2.00 bits per heavy atom. The van der Waals surface area contributed by atoms with Crippen LogP contribution < -0.4 is 0 Å². The predicted molar refractivity (Wildman–Crippen MR) is 79.0 cm³/mol. The summed E-state index contributed by atoms with van der Waals surface area (Å²) in [5.74, 6) is -1.16. The molecule has 1 aliphatic carbocycles. The number of aliphatic carboxylic acids is 1. The number of fused-ring (bicyclic) bond motifs is 1. The maximum atomic E-state index is 12.8. The summed E-state index contributed by atoms with van der Waals surface area (Å²) in [6.07, 6.45) is 2.94. The van der Waals surface area contributed by atoms with Crippen molar-refractivity contribution in [2.24, 2.45) is 11.8 Å². The topological polar surface area (TPSA) is 57.6 Å². The number of nitrogens with zero attached hydrogens (tertiary/aromatic N) is 1. The second-order valence-electron chi connectivity index (χ2n) is 6.31. The lowest BCUT2D eigenvalue weighted by Crippen LogP contribution is -2.35. The number of amides is 1. The molecule has 3 atom stereocenters. The molecule has 1 fully saturated rings. The number of hydrogen-bond acceptors (Lipinski definition) is 2. The fourth-order valence-corrected chi connectivity index (χ4v) is 3.70. The molecule has 1 aliphatic heterocycles. The van der Waals surface area contributed by atoms with E-state index in [4.69, 9.17) is 0 Å². The third-order valence-corrected chi connectivity index (χ3v) is 4.91. The smallest absolute Gasteiger partial charge is 0.308 e. The van der Waals surface area contributed by atoms with Crippen LogP contribution in [-0.4, -0.2) is 35.0 Å². The predicted octanol–water partition coefficient (Wildman–Crippen LogP) is 2.29. The second-order valence-corrected chi connectivity index (χ2v) is 6.31. The van der Waals surface area contributed by atoms with Crippen molar-refractivity contribution in [1.82, 2.24) is 4.90 Å². The number of aryl methyl sites for hydroxylation is 1. The van der Waals surface area contributed by atoms with E-state index in [1.54, 1.807) is 4.90 Å². The van der Waals surface area contributed by atoms with Gasteiger partial charge < -0.3 is 10.0 Å². The van der Waals surface area contributed by atoms with Crippen LogP contribution in [0.15, 0.2) is 24.3 Å². The van der Waals surface area contributed by atoms with Gasteiger partial charge in [-0.15, -0.1) is 0 Å². The molecule has 1 amide bonds. The maximum absolute atomic E-state index is 12.8. The van der Waals surface area contributed by atoms with Crippen molar-refractivity contribution in [3.63, 3.8) is 0 Å². The van der Waals surface area contributed by atoms with Gasteiger partial charge in [0.1, 0.15) is 0 Å². The van der Waals surface area contributed by atoms with Gasteiger partial charge in [-0.25, -0.2) is 0 Å². The first-order valence-electron chi connectivity index (χ1n) is 7.67. The number of carboxylic acid groups (broad SMARTS) is 1. The van der Waals surface area contributed by atoms with Gasteiger partial charge in [0.15, 0.2) is 0 Å². The average Bonchev–Trinajstić information content (AvgIpc) is 2.88. The van der Waals surface area contributed by atoms with E-state index >= 15 is 0 Å². The van der Waals surface area contributed by atoms with Gasteiger partial charge in [-0.05, 0) is 36.3 Å². The van der Waals surface area contributed by atoms with Gasteiger partial charge in [0.2, 0.25) is 5.91 Å². The number of carbonyl (C=O) groups is 2. The highest BCUT2D eigenvalue weighted by Gasteiger charge is 2.39. The van der Waals surface area contributed by atoms with Crippen LogP contribution in [-0.2, 0) is 16.0 Å². The molecule has 0 saturated carbocycles. The first-order valence-corrected chi connectivity index (χ1v) is 7.67. The van der Waals surface area contributed by atoms with Gasteiger partial charge in [0.05, 0.1) is 11.8 Å². The SMILES string of the molecule is CC1CN(C(=O)C2CCCc3ccccc32)CC1C(=O)O. The molecule has 1 N–H and O–H groups in total. The molecule has 0 aromatic heterocycles. The normalized spacial score (nSPS) is 28.2. The third kappa shape index (κ3) is 2.55. The van der Waals surface area contributed by atoms with Crippen molar-refractivity contribution in [2.45, 2.75) is 32.1 Å². The fourth-order valence-electron chi connectivity index (χ4n) is 3.70. The van der Waals surface area contributed by atoms with Gasteiger partial charge in [-0.1, -0.05) is 31.2 Å². The Kier molecular flexibility index (Phi) is 3.70. The van der Waals surface area contributed by atoms with Crippen LogP contribution in [0.2, 0.25) is 0 Å². The van der Waals surface area contributed by atoms with E-state index in [1.807, 2.05) is 25.1 Å². The molecule has 4 heteroatoms. The lowest BCUT2D eigenvalue weighted by molar-refractivity contribution is -0.142. The number of carboxylic acids is 1. The van der Waals surface area contributed by atoms with Gasteiger partial charge >= 0.3 is 5.97 Å². The quantitative estimate of drug-likeness (QED) is 0.908. The minimum atomic E-state index is -0.790. The van der Waals surface area contributed by atoms with Crippen LogP contribution in [0.4, 0.5) is 0 Å². The maximum Gasteiger partial charge on any atom is 0.308 e. The molecule has 1 aromatic rings. The lowest BCUT2D eigenvalue weighted by atomic mass is 9.82. The molecule has 112 valence electrons. The first kappa shape index (κ1) is 14.1. The van der Waals surface area contributed by atoms with Crippen molar-refractivity contribution in [3.05, 3.63) is 35.4 Å². The molecule has 2 aliphatic rings. The summed E-state index contributed by atoms with van der Waals surface area (Å²) in [4.78, 5) is 25.8. The van der Waals surface area contributed by atoms with Gasteiger partial charge in [0, 0.05) is 13.1 Å². The highest BCUT2D eigenvalue weighted by Crippen LogP contribution is 2.35. The van der Waals surface area contributed by atoms with E-state index in [0.29, 0.717) is 13.1 Å². The summed E-state index contributed by atoms with van der Waals surface area (Å²) in [6.45, 7) is 2.84. The van der Waals surface area contributed by atoms with Crippen molar-refractivity contribution in [3.8, 4) is 0 Å². The Labute approximate surface area is 124 Å². The molecule has 1 saturated heterocycles. The molecule has 3 unspecified atom stereocenters. The number of hydrogen-bond donors (Lipinski definition) is 1. The first-order chi connectivity index (χ1) is 10.1. The molecule has 21 heavy (non-hydrogen) atoms. The van der Waals surface area contributed by atoms with Crippen LogP contribution in [0.25, 0.3) is 0 Å². The van der Waals surface area contributed by atoms with E-state index in [-0.39, 0.29) is 17.7 Å². The highest BCUT2D eigenvalue weighted by molar-refractivity contribution is 5.85. The van der Waals surface area contributed by atoms with E-state index in [1.165, 1.54) is 5.56 Å². The summed E-state index contributed by atoms with van der Waals surface area (Å²) >= 11 is 0. The van der Waals surface area contributed by atoms with E-state index in [0.717, 1.165) is 24.8 Å². The molecule has 1 aromatic carbocycles. The molecule has 0 spiro atoms. The van der Waals surface area contributed by atoms with Crippen molar-refractivity contribution < 1.29 is 14.7 Å². The van der Waals surface area contributed by atoms with Crippen molar-refractivity contribution >= 4 is 11.9 Å². The number of benzene rings is 1. The standard InChI is InChI=1S/C17H21NO3/c1-11-9-18(10-15(11)17(20)21)16(19)14-8-4-6-12-5-2-3-7-13(12)14/h2-3,5,7,11,14-15H,4,6,8-10H2,1H3,(H,20,21). The minimum absolute atomic E-state index is 0.0327. The molecule has 3 rings (SSSR count). The second kappa shape index (κ2) is 5.51. The summed E-state index contributed by atoms with van der Waals surface area (Å²) in [5, 5.41) is 9.21. The number of likely N-dealkylation sites (tertiary alicyclic amines) is 1. The Hall–Kier alpha value is -1.84. The van der Waals surface area contributed by atoms with Crippen LogP contribution in [0, 0.1) is 11.8 Å².